The largest absolute Gasteiger partial charge is 0.464 e. The molecule has 2 heterocycles. The molecule has 0 radical (unpaired) electrons. The normalized spacial score (nSPS) is 12.3. The Morgan fingerprint density at radius 3 is 2.28 bits per heavy atom. The Balaban J connectivity index is 1.99. The summed E-state index contributed by atoms with van der Waals surface area (Å²) >= 11 is 5.73. The second kappa shape index (κ2) is 6.20. The summed E-state index contributed by atoms with van der Waals surface area (Å²) in [5.74, 6) is 0.551. The highest BCUT2D eigenvalue weighted by molar-refractivity contribution is 7.91. The van der Waals surface area contributed by atoms with Crippen molar-refractivity contribution in [3.8, 4) is 11.3 Å². The highest BCUT2D eigenvalue weighted by Crippen LogP contribution is 2.34. The van der Waals surface area contributed by atoms with Crippen molar-refractivity contribution in [2.45, 2.75) is 16.1 Å². The Kier molecular flexibility index (Phi) is 4.34. The molecule has 0 aliphatic heterocycles. The lowest BCUT2D eigenvalue weighted by Crippen LogP contribution is -2.10. The summed E-state index contributed by atoms with van der Waals surface area (Å²) < 4.78 is 68.3. The van der Waals surface area contributed by atoms with Gasteiger partial charge in [-0.05, 0) is 42.5 Å². The van der Waals surface area contributed by atoms with Gasteiger partial charge in [-0.2, -0.15) is 13.2 Å². The fraction of sp³-hybridized carbons (Fsp3) is 0.0625. The van der Waals surface area contributed by atoms with Crippen LogP contribution in [0.25, 0.3) is 11.3 Å². The van der Waals surface area contributed by atoms with Crippen molar-refractivity contribution < 1.29 is 26.0 Å². The van der Waals surface area contributed by atoms with E-state index in [-0.39, 0.29) is 4.90 Å². The topological polar surface area (TPSA) is 60.2 Å². The zero-order chi connectivity index (χ0) is 18.2. The summed E-state index contributed by atoms with van der Waals surface area (Å²) in [6.07, 6.45) is -2.74. The smallest absolute Gasteiger partial charge is 0.417 e. The number of rotatable bonds is 3. The van der Waals surface area contributed by atoms with E-state index < -0.39 is 31.6 Å². The molecular formula is C16H9ClF3NO3S. The summed E-state index contributed by atoms with van der Waals surface area (Å²) in [6, 6.07) is 9.58. The van der Waals surface area contributed by atoms with Gasteiger partial charge in [0, 0.05) is 11.8 Å². The second-order valence-electron chi connectivity index (χ2n) is 5.01. The minimum absolute atomic E-state index is 0.142. The van der Waals surface area contributed by atoms with Crippen molar-refractivity contribution >= 4 is 21.4 Å². The molecule has 25 heavy (non-hydrogen) atoms. The third-order valence-electron chi connectivity index (χ3n) is 3.36. The molecule has 0 unspecified atom stereocenters. The van der Waals surface area contributed by atoms with Crippen LogP contribution in [0.5, 0.6) is 0 Å². The van der Waals surface area contributed by atoms with Crippen molar-refractivity contribution in [1.29, 1.82) is 0 Å². The van der Waals surface area contributed by atoms with E-state index in [4.69, 9.17) is 16.0 Å². The Hall–Kier alpha value is -2.32. The van der Waals surface area contributed by atoms with E-state index in [0.29, 0.717) is 23.6 Å². The molecule has 0 atom stereocenters. The number of alkyl halides is 3. The van der Waals surface area contributed by atoms with Crippen molar-refractivity contribution in [1.82, 2.24) is 4.98 Å². The van der Waals surface area contributed by atoms with Crippen LogP contribution in [-0.4, -0.2) is 13.4 Å². The molecule has 1 aromatic carbocycles. The molecular weight excluding hydrogens is 379 g/mol. The zero-order valence-corrected chi connectivity index (χ0v) is 13.9. The maximum Gasteiger partial charge on any atom is 0.417 e. The van der Waals surface area contributed by atoms with Crippen LogP contribution in [0.4, 0.5) is 13.2 Å². The van der Waals surface area contributed by atoms with Crippen LogP contribution in [0.1, 0.15) is 5.56 Å². The lowest BCUT2D eigenvalue weighted by molar-refractivity contribution is -0.137. The lowest BCUT2D eigenvalue weighted by Gasteiger charge is -2.10. The molecule has 0 spiro atoms. The number of nitrogens with zero attached hydrogens (tertiary/aromatic N) is 1. The minimum atomic E-state index is -4.66. The fourth-order valence-electron chi connectivity index (χ4n) is 2.13. The molecule has 0 amide bonds. The number of hydrogen-bond donors (Lipinski definition) is 0. The number of sulfone groups is 1. The van der Waals surface area contributed by atoms with Gasteiger partial charge < -0.3 is 4.42 Å². The number of aromatic nitrogens is 1. The van der Waals surface area contributed by atoms with Gasteiger partial charge in [0.15, 0.2) is 5.03 Å². The molecule has 3 aromatic rings. The van der Waals surface area contributed by atoms with Crippen molar-refractivity contribution in [3.63, 3.8) is 0 Å². The summed E-state index contributed by atoms with van der Waals surface area (Å²) in [7, 11) is -4.16. The highest BCUT2D eigenvalue weighted by atomic mass is 35.5. The molecule has 9 heteroatoms. The predicted octanol–water partition coefficient (Wildman–Crippen LogP) is 4.85. The Bertz CT molecular complexity index is 998. The van der Waals surface area contributed by atoms with Crippen molar-refractivity contribution in [2.75, 3.05) is 0 Å². The van der Waals surface area contributed by atoms with Crippen LogP contribution in [0.2, 0.25) is 5.02 Å². The second-order valence-corrected chi connectivity index (χ2v) is 7.29. The van der Waals surface area contributed by atoms with Crippen LogP contribution < -0.4 is 0 Å². The van der Waals surface area contributed by atoms with E-state index in [1.54, 1.807) is 12.1 Å². The van der Waals surface area contributed by atoms with E-state index >= 15 is 0 Å². The van der Waals surface area contributed by atoms with Crippen molar-refractivity contribution in [2.24, 2.45) is 0 Å². The van der Waals surface area contributed by atoms with Gasteiger partial charge in [0.25, 0.3) is 0 Å². The van der Waals surface area contributed by atoms with E-state index in [0.717, 1.165) is 0 Å². The number of furan rings is 1. The zero-order valence-electron chi connectivity index (χ0n) is 12.3. The summed E-state index contributed by atoms with van der Waals surface area (Å²) in [5.41, 5.74) is -0.472. The number of halogens is 4. The first-order valence-electron chi connectivity index (χ1n) is 6.81. The molecule has 0 bridgehead atoms. The third kappa shape index (κ3) is 3.40. The highest BCUT2D eigenvalue weighted by Gasteiger charge is 2.33. The van der Waals surface area contributed by atoms with Gasteiger partial charge in [-0.15, -0.1) is 0 Å². The van der Waals surface area contributed by atoms with Crippen LogP contribution >= 0.6 is 11.6 Å². The molecule has 130 valence electrons. The average Bonchev–Trinajstić information content (AvgIpc) is 3.08. The maximum atomic E-state index is 12.6. The Morgan fingerprint density at radius 2 is 1.76 bits per heavy atom. The molecule has 0 aliphatic rings. The molecule has 0 saturated heterocycles. The van der Waals surface area contributed by atoms with Crippen LogP contribution in [-0.2, 0) is 16.0 Å². The monoisotopic (exact) mass is 387 g/mol. The maximum absolute atomic E-state index is 12.6. The standard InChI is InChI=1S/C16H9ClF3NO3S/c17-13-8-11(16(18,19)20)9-21-15(13)25(22,23)12-5-3-10(4-6-12)14-2-1-7-24-14/h1-9H. The van der Waals surface area contributed by atoms with Crippen LogP contribution in [0.3, 0.4) is 0 Å². The first-order valence-corrected chi connectivity index (χ1v) is 8.67. The summed E-state index contributed by atoms with van der Waals surface area (Å²) in [6.45, 7) is 0. The molecule has 4 nitrogen and oxygen atoms in total. The van der Waals surface area contributed by atoms with E-state index in [1.807, 2.05) is 0 Å². The first kappa shape index (κ1) is 17.5. The molecule has 0 aliphatic carbocycles. The van der Waals surface area contributed by atoms with E-state index in [1.165, 1.54) is 30.5 Å². The minimum Gasteiger partial charge on any atom is -0.464 e. The van der Waals surface area contributed by atoms with Gasteiger partial charge in [0.05, 0.1) is 21.7 Å². The summed E-state index contributed by atoms with van der Waals surface area (Å²) in [5, 5.41) is -1.22. The Morgan fingerprint density at radius 1 is 1.08 bits per heavy atom. The number of pyridine rings is 1. The van der Waals surface area contributed by atoms with Gasteiger partial charge in [0.1, 0.15) is 5.76 Å². The average molecular weight is 388 g/mol. The third-order valence-corrected chi connectivity index (χ3v) is 5.49. The van der Waals surface area contributed by atoms with Crippen molar-refractivity contribution in [3.05, 3.63) is 65.5 Å². The van der Waals surface area contributed by atoms with Gasteiger partial charge in [0.2, 0.25) is 9.84 Å². The predicted molar refractivity (Wildman–Crippen MR) is 83.8 cm³/mol. The van der Waals surface area contributed by atoms with Crippen LogP contribution in [0, 0.1) is 0 Å². The molecule has 2 aromatic heterocycles. The van der Waals surface area contributed by atoms with Gasteiger partial charge in [-0.3, -0.25) is 0 Å². The lowest BCUT2D eigenvalue weighted by atomic mass is 10.2. The number of hydrogen-bond acceptors (Lipinski definition) is 4. The molecule has 0 fully saturated rings. The van der Waals surface area contributed by atoms with E-state index in [2.05, 4.69) is 4.98 Å². The Labute approximate surface area is 145 Å². The fourth-order valence-corrected chi connectivity index (χ4v) is 3.83. The van der Waals surface area contributed by atoms with Gasteiger partial charge >= 0.3 is 6.18 Å². The van der Waals surface area contributed by atoms with Crippen LogP contribution in [0.15, 0.2) is 69.3 Å². The molecule has 0 N–H and O–H groups in total. The quantitative estimate of drug-likeness (QED) is 0.644. The van der Waals surface area contributed by atoms with E-state index in [9.17, 15) is 21.6 Å². The van der Waals surface area contributed by atoms with Gasteiger partial charge in [-0.25, -0.2) is 13.4 Å². The summed E-state index contributed by atoms with van der Waals surface area (Å²) in [4.78, 5) is 3.26. The molecule has 3 rings (SSSR count). The van der Waals surface area contributed by atoms with Gasteiger partial charge in [-0.1, -0.05) is 11.6 Å². The first-order chi connectivity index (χ1) is 11.7. The number of benzene rings is 1. The SMILES string of the molecule is O=S(=O)(c1ccc(-c2ccco2)cc1)c1ncc(C(F)(F)F)cc1Cl. The molecule has 0 saturated carbocycles.